The standard InChI is InChI=1S/C16H19NO7S/c18-15(17-12-3-6-25(20,21)10-12)9-24-16(19)8-11-1-2-13-14(7-11)23-5-4-22-13/h1-2,7,12H,3-6,8-10H2,(H,17,18). The van der Waals surface area contributed by atoms with Crippen molar-refractivity contribution < 1.29 is 32.2 Å². The molecule has 8 nitrogen and oxygen atoms in total. The van der Waals surface area contributed by atoms with Crippen LogP contribution in [-0.2, 0) is 30.6 Å². The van der Waals surface area contributed by atoms with Crippen molar-refractivity contribution in [3.63, 3.8) is 0 Å². The lowest BCUT2D eigenvalue weighted by Crippen LogP contribution is -2.38. The topological polar surface area (TPSA) is 108 Å². The number of amides is 1. The molecule has 0 aromatic heterocycles. The first kappa shape index (κ1) is 17.5. The van der Waals surface area contributed by atoms with Gasteiger partial charge in [-0.15, -0.1) is 0 Å². The van der Waals surface area contributed by atoms with Gasteiger partial charge in [-0.05, 0) is 24.1 Å². The fraction of sp³-hybridized carbons (Fsp3) is 0.500. The molecule has 0 spiro atoms. The maximum Gasteiger partial charge on any atom is 0.310 e. The van der Waals surface area contributed by atoms with Crippen LogP contribution in [0.5, 0.6) is 11.5 Å². The zero-order chi connectivity index (χ0) is 17.9. The summed E-state index contributed by atoms with van der Waals surface area (Å²) in [5.41, 5.74) is 0.691. The third kappa shape index (κ3) is 4.85. The molecule has 0 bridgehead atoms. The molecule has 0 saturated carbocycles. The SMILES string of the molecule is O=C(COC(=O)Cc1ccc2c(c1)OCCO2)NC1CCS(=O)(=O)C1. The normalized spacial score (nSPS) is 20.7. The molecule has 1 amide bonds. The van der Waals surface area contributed by atoms with Gasteiger partial charge < -0.3 is 19.5 Å². The first-order valence-corrected chi connectivity index (χ1v) is 9.77. The van der Waals surface area contributed by atoms with E-state index in [0.29, 0.717) is 36.7 Å². The lowest BCUT2D eigenvalue weighted by molar-refractivity contribution is -0.148. The third-order valence-corrected chi connectivity index (χ3v) is 5.68. The van der Waals surface area contributed by atoms with Crippen molar-refractivity contribution in [2.75, 3.05) is 31.3 Å². The molecule has 1 saturated heterocycles. The summed E-state index contributed by atoms with van der Waals surface area (Å²) in [5, 5.41) is 2.56. The van der Waals surface area contributed by atoms with E-state index in [9.17, 15) is 18.0 Å². The number of nitrogens with one attached hydrogen (secondary N) is 1. The molecular weight excluding hydrogens is 350 g/mol. The van der Waals surface area contributed by atoms with E-state index in [1.165, 1.54) is 0 Å². The molecule has 1 atom stereocenters. The molecule has 2 heterocycles. The second-order valence-corrected chi connectivity index (χ2v) is 8.21. The first-order chi connectivity index (χ1) is 11.9. The predicted octanol–water partition coefficient (Wildman–Crippen LogP) is -0.153. The summed E-state index contributed by atoms with van der Waals surface area (Å²) in [5.74, 6) is 0.167. The van der Waals surface area contributed by atoms with Crippen LogP contribution < -0.4 is 14.8 Å². The van der Waals surface area contributed by atoms with Crippen LogP contribution in [0.2, 0.25) is 0 Å². The average Bonchev–Trinajstić information content (AvgIpc) is 2.91. The Bertz CT molecular complexity index is 775. The minimum Gasteiger partial charge on any atom is -0.486 e. The number of carbonyl (C=O) groups is 2. The van der Waals surface area contributed by atoms with Crippen LogP contribution in [0, 0.1) is 0 Å². The summed E-state index contributed by atoms with van der Waals surface area (Å²) in [6.07, 6.45) is 0.390. The molecule has 1 unspecified atom stereocenters. The van der Waals surface area contributed by atoms with Gasteiger partial charge in [0.2, 0.25) is 0 Å². The van der Waals surface area contributed by atoms with Crippen molar-refractivity contribution in [2.45, 2.75) is 18.9 Å². The van der Waals surface area contributed by atoms with E-state index in [1.807, 2.05) is 0 Å². The van der Waals surface area contributed by atoms with E-state index in [-0.39, 0.29) is 17.9 Å². The molecule has 1 aromatic carbocycles. The Hall–Kier alpha value is -2.29. The first-order valence-electron chi connectivity index (χ1n) is 7.95. The second-order valence-electron chi connectivity index (χ2n) is 5.98. The number of hydrogen-bond acceptors (Lipinski definition) is 7. The van der Waals surface area contributed by atoms with Crippen molar-refractivity contribution in [1.29, 1.82) is 0 Å². The number of carbonyl (C=O) groups excluding carboxylic acids is 2. The third-order valence-electron chi connectivity index (χ3n) is 3.92. The Morgan fingerprint density at radius 1 is 1.20 bits per heavy atom. The molecule has 25 heavy (non-hydrogen) atoms. The maximum atomic E-state index is 11.9. The van der Waals surface area contributed by atoms with Gasteiger partial charge in [-0.1, -0.05) is 6.07 Å². The molecule has 0 aliphatic carbocycles. The molecule has 2 aliphatic heterocycles. The summed E-state index contributed by atoms with van der Waals surface area (Å²) in [6, 6.07) is 4.76. The number of rotatable bonds is 5. The summed E-state index contributed by atoms with van der Waals surface area (Å²) in [7, 11) is -3.07. The van der Waals surface area contributed by atoms with Gasteiger partial charge in [-0.2, -0.15) is 0 Å². The van der Waals surface area contributed by atoms with E-state index in [0.717, 1.165) is 0 Å². The highest BCUT2D eigenvalue weighted by Crippen LogP contribution is 2.30. The molecule has 9 heteroatoms. The molecular formula is C16H19NO7S. The maximum absolute atomic E-state index is 11.9. The van der Waals surface area contributed by atoms with Crippen molar-refractivity contribution >= 4 is 21.7 Å². The van der Waals surface area contributed by atoms with Crippen LogP contribution in [0.25, 0.3) is 0 Å². The van der Waals surface area contributed by atoms with Crippen LogP contribution in [0.3, 0.4) is 0 Å². The van der Waals surface area contributed by atoms with Gasteiger partial charge in [-0.25, -0.2) is 8.42 Å². The second kappa shape index (κ2) is 7.30. The Kier molecular flexibility index (Phi) is 5.12. The van der Waals surface area contributed by atoms with Crippen molar-refractivity contribution in [3.05, 3.63) is 23.8 Å². The van der Waals surface area contributed by atoms with Crippen molar-refractivity contribution in [3.8, 4) is 11.5 Å². The Morgan fingerprint density at radius 3 is 2.68 bits per heavy atom. The largest absolute Gasteiger partial charge is 0.486 e. The lowest BCUT2D eigenvalue weighted by Gasteiger charge is -2.18. The van der Waals surface area contributed by atoms with Gasteiger partial charge in [0.15, 0.2) is 27.9 Å². The zero-order valence-electron chi connectivity index (χ0n) is 13.5. The molecule has 1 aromatic rings. The summed E-state index contributed by atoms with van der Waals surface area (Å²) in [6.45, 7) is 0.518. The van der Waals surface area contributed by atoms with E-state index in [2.05, 4.69) is 5.32 Å². The highest BCUT2D eigenvalue weighted by Gasteiger charge is 2.29. The van der Waals surface area contributed by atoms with E-state index in [4.69, 9.17) is 14.2 Å². The smallest absolute Gasteiger partial charge is 0.310 e. The minimum absolute atomic E-state index is 0.00171. The summed E-state index contributed by atoms with van der Waals surface area (Å²) < 4.78 is 38.5. The van der Waals surface area contributed by atoms with Gasteiger partial charge >= 0.3 is 5.97 Å². The monoisotopic (exact) mass is 369 g/mol. The fourth-order valence-electron chi connectivity index (χ4n) is 2.74. The highest BCUT2D eigenvalue weighted by atomic mass is 32.2. The van der Waals surface area contributed by atoms with E-state index < -0.39 is 34.4 Å². The van der Waals surface area contributed by atoms with Crippen molar-refractivity contribution in [2.24, 2.45) is 0 Å². The van der Waals surface area contributed by atoms with Crippen LogP contribution >= 0.6 is 0 Å². The van der Waals surface area contributed by atoms with E-state index >= 15 is 0 Å². The van der Waals surface area contributed by atoms with Gasteiger partial charge in [-0.3, -0.25) is 9.59 Å². The van der Waals surface area contributed by atoms with Gasteiger partial charge in [0.05, 0.1) is 17.9 Å². The molecule has 2 aliphatic rings. The number of hydrogen-bond donors (Lipinski definition) is 1. The highest BCUT2D eigenvalue weighted by molar-refractivity contribution is 7.91. The molecule has 136 valence electrons. The van der Waals surface area contributed by atoms with Crippen LogP contribution in [-0.4, -0.2) is 57.7 Å². The summed E-state index contributed by atoms with van der Waals surface area (Å²) >= 11 is 0. The van der Waals surface area contributed by atoms with Gasteiger partial charge in [0.25, 0.3) is 5.91 Å². The molecule has 1 N–H and O–H groups in total. The lowest BCUT2D eigenvalue weighted by atomic mass is 10.1. The van der Waals surface area contributed by atoms with Crippen molar-refractivity contribution in [1.82, 2.24) is 5.32 Å². The number of esters is 1. The Morgan fingerprint density at radius 2 is 1.96 bits per heavy atom. The minimum atomic E-state index is -3.07. The van der Waals surface area contributed by atoms with E-state index in [1.54, 1.807) is 18.2 Å². The van der Waals surface area contributed by atoms with Crippen LogP contribution in [0.4, 0.5) is 0 Å². The number of ether oxygens (including phenoxy) is 3. The number of fused-ring (bicyclic) bond motifs is 1. The molecule has 1 fully saturated rings. The van der Waals surface area contributed by atoms with Gasteiger partial charge in [0.1, 0.15) is 13.2 Å². The van der Waals surface area contributed by atoms with Crippen LogP contribution in [0.15, 0.2) is 18.2 Å². The Balaban J connectivity index is 1.44. The average molecular weight is 369 g/mol. The zero-order valence-corrected chi connectivity index (χ0v) is 14.3. The van der Waals surface area contributed by atoms with Crippen LogP contribution in [0.1, 0.15) is 12.0 Å². The predicted molar refractivity (Wildman–Crippen MR) is 87.3 cm³/mol. The van der Waals surface area contributed by atoms with Gasteiger partial charge in [0, 0.05) is 6.04 Å². The Labute approximate surface area is 145 Å². The quantitative estimate of drug-likeness (QED) is 0.719. The molecule has 3 rings (SSSR count). The number of sulfone groups is 1. The molecule has 0 radical (unpaired) electrons. The summed E-state index contributed by atoms with van der Waals surface area (Å²) in [4.78, 5) is 23.6. The fourth-order valence-corrected chi connectivity index (χ4v) is 4.41. The number of benzene rings is 1.